The van der Waals surface area contributed by atoms with E-state index >= 15 is 0 Å². The van der Waals surface area contributed by atoms with Gasteiger partial charge in [0.05, 0.1) is 11.4 Å². The summed E-state index contributed by atoms with van der Waals surface area (Å²) in [5.74, 6) is 0.418. The van der Waals surface area contributed by atoms with Gasteiger partial charge in [-0.25, -0.2) is 0 Å². The molecule has 0 saturated heterocycles. The molecule has 6 nitrogen and oxygen atoms in total. The van der Waals surface area contributed by atoms with Crippen molar-refractivity contribution in [2.45, 2.75) is 19.0 Å². The Morgan fingerprint density at radius 1 is 1.16 bits per heavy atom. The highest BCUT2D eigenvalue weighted by Gasteiger charge is 2.14. The summed E-state index contributed by atoms with van der Waals surface area (Å²) in [5, 5.41) is 11.5. The molecule has 0 saturated carbocycles. The summed E-state index contributed by atoms with van der Waals surface area (Å²) in [4.78, 5) is 12.3. The van der Waals surface area contributed by atoms with Gasteiger partial charge in [0.1, 0.15) is 0 Å². The number of carbonyl (C=O) groups is 1. The molecule has 0 bridgehead atoms. The Morgan fingerprint density at radius 3 is 2.68 bits per heavy atom. The molecule has 1 heterocycles. The van der Waals surface area contributed by atoms with E-state index in [1.165, 1.54) is 11.8 Å². The highest BCUT2D eigenvalue weighted by molar-refractivity contribution is 7.99. The van der Waals surface area contributed by atoms with E-state index in [2.05, 4.69) is 15.5 Å². The number of carbonyl (C=O) groups excluding carboxylic acids is 1. The van der Waals surface area contributed by atoms with Crippen LogP contribution in [0.4, 0.5) is 11.6 Å². The van der Waals surface area contributed by atoms with Gasteiger partial charge < -0.3 is 11.1 Å². The van der Waals surface area contributed by atoms with Crippen LogP contribution in [0.5, 0.6) is 0 Å². The Bertz CT molecular complexity index is 892. The van der Waals surface area contributed by atoms with E-state index in [9.17, 15) is 4.79 Å². The second kappa shape index (κ2) is 7.40. The lowest BCUT2D eigenvalue weighted by atomic mass is 10.1. The minimum Gasteiger partial charge on any atom is -0.368 e. The molecular weight excluding hydrogens is 334 g/mol. The zero-order valence-electron chi connectivity index (χ0n) is 14.1. The third kappa shape index (κ3) is 4.00. The molecule has 0 aliphatic carbocycles. The fourth-order valence-corrected chi connectivity index (χ4v) is 3.14. The number of nitrogens with two attached hydrogens (primary N) is 1. The van der Waals surface area contributed by atoms with Crippen LogP contribution in [0.1, 0.15) is 11.1 Å². The van der Waals surface area contributed by atoms with E-state index in [0.29, 0.717) is 11.1 Å². The van der Waals surface area contributed by atoms with Crippen LogP contribution >= 0.6 is 11.8 Å². The van der Waals surface area contributed by atoms with Gasteiger partial charge in [-0.05, 0) is 43.2 Å². The first-order valence-corrected chi connectivity index (χ1v) is 8.79. The summed E-state index contributed by atoms with van der Waals surface area (Å²) in [6.45, 7) is 3.96. The molecule has 1 amide bonds. The lowest BCUT2D eigenvalue weighted by molar-refractivity contribution is -0.113. The minimum absolute atomic E-state index is 0.0973. The van der Waals surface area contributed by atoms with Crippen LogP contribution in [-0.4, -0.2) is 26.4 Å². The lowest BCUT2D eigenvalue weighted by Gasteiger charge is -2.10. The van der Waals surface area contributed by atoms with Crippen LogP contribution in [-0.2, 0) is 4.79 Å². The maximum absolute atomic E-state index is 12.3. The second-order valence-electron chi connectivity index (χ2n) is 5.67. The van der Waals surface area contributed by atoms with Gasteiger partial charge in [0.15, 0.2) is 5.16 Å². The molecule has 0 aliphatic heterocycles. The Balaban J connectivity index is 1.70. The van der Waals surface area contributed by atoms with Crippen molar-refractivity contribution in [2.24, 2.45) is 0 Å². The average molecular weight is 353 g/mol. The molecule has 0 spiro atoms. The maximum atomic E-state index is 12.3. The topological polar surface area (TPSA) is 85.8 Å². The minimum atomic E-state index is -0.0973. The van der Waals surface area contributed by atoms with Gasteiger partial charge in [-0.2, -0.15) is 0 Å². The van der Waals surface area contributed by atoms with E-state index in [1.54, 1.807) is 4.57 Å². The summed E-state index contributed by atoms with van der Waals surface area (Å²) in [6, 6.07) is 15.6. The van der Waals surface area contributed by atoms with Crippen LogP contribution < -0.4 is 11.1 Å². The molecule has 3 N–H and O–H groups in total. The number of amides is 1. The molecule has 0 atom stereocenters. The number of anilines is 2. The van der Waals surface area contributed by atoms with Gasteiger partial charge in [0, 0.05) is 5.69 Å². The van der Waals surface area contributed by atoms with E-state index in [1.807, 2.05) is 62.4 Å². The van der Waals surface area contributed by atoms with Gasteiger partial charge in [0.2, 0.25) is 11.9 Å². The van der Waals surface area contributed by atoms with Crippen molar-refractivity contribution in [3.8, 4) is 5.69 Å². The summed E-state index contributed by atoms with van der Waals surface area (Å²) >= 11 is 1.30. The predicted octanol–water partition coefficient (Wildman–Crippen LogP) is 3.20. The number of rotatable bonds is 5. The molecule has 1 aromatic heterocycles. The Labute approximate surface area is 150 Å². The number of hydrogen-bond acceptors (Lipinski definition) is 5. The van der Waals surface area contributed by atoms with Crippen molar-refractivity contribution in [3.63, 3.8) is 0 Å². The molecule has 3 rings (SSSR count). The molecule has 0 unspecified atom stereocenters. The molecule has 7 heteroatoms. The fourth-order valence-electron chi connectivity index (χ4n) is 2.38. The summed E-state index contributed by atoms with van der Waals surface area (Å²) < 4.78 is 1.73. The number of nitrogens with zero attached hydrogens (tertiary/aromatic N) is 3. The predicted molar refractivity (Wildman–Crippen MR) is 101 cm³/mol. The third-order valence-electron chi connectivity index (χ3n) is 3.67. The van der Waals surface area contributed by atoms with Gasteiger partial charge in [-0.3, -0.25) is 9.36 Å². The number of nitrogens with one attached hydrogen (secondary N) is 1. The SMILES string of the molecule is Cc1ccc(C)c(NC(=O)CSc2nnc(N)n2-c2ccccc2)c1. The van der Waals surface area contributed by atoms with Crippen molar-refractivity contribution in [1.82, 2.24) is 14.8 Å². The number of para-hydroxylation sites is 1. The quantitative estimate of drug-likeness (QED) is 0.688. The molecule has 2 aromatic carbocycles. The van der Waals surface area contributed by atoms with Crippen molar-refractivity contribution >= 4 is 29.3 Å². The smallest absolute Gasteiger partial charge is 0.234 e. The number of benzene rings is 2. The van der Waals surface area contributed by atoms with Crippen LogP contribution in [0.15, 0.2) is 53.7 Å². The summed E-state index contributed by atoms with van der Waals surface area (Å²) in [6.07, 6.45) is 0. The van der Waals surface area contributed by atoms with E-state index in [4.69, 9.17) is 5.73 Å². The van der Waals surface area contributed by atoms with Gasteiger partial charge in [-0.15, -0.1) is 10.2 Å². The lowest BCUT2D eigenvalue weighted by Crippen LogP contribution is -2.15. The van der Waals surface area contributed by atoms with Crippen LogP contribution in [0.3, 0.4) is 0 Å². The van der Waals surface area contributed by atoms with Crippen LogP contribution in [0.25, 0.3) is 5.69 Å². The zero-order chi connectivity index (χ0) is 17.8. The first-order valence-electron chi connectivity index (χ1n) is 7.81. The molecule has 25 heavy (non-hydrogen) atoms. The normalized spacial score (nSPS) is 10.6. The van der Waals surface area contributed by atoms with E-state index in [0.717, 1.165) is 22.5 Å². The molecule has 0 fully saturated rings. The van der Waals surface area contributed by atoms with E-state index in [-0.39, 0.29) is 11.7 Å². The van der Waals surface area contributed by atoms with E-state index < -0.39 is 0 Å². The number of hydrogen-bond donors (Lipinski definition) is 2. The van der Waals surface area contributed by atoms with Crippen molar-refractivity contribution in [2.75, 3.05) is 16.8 Å². The molecular formula is C18H19N5OS. The van der Waals surface area contributed by atoms with Gasteiger partial charge in [-0.1, -0.05) is 42.1 Å². The average Bonchev–Trinajstić information content (AvgIpc) is 2.98. The summed E-state index contributed by atoms with van der Waals surface area (Å²) in [5.41, 5.74) is 9.74. The highest BCUT2D eigenvalue weighted by atomic mass is 32.2. The highest BCUT2D eigenvalue weighted by Crippen LogP contribution is 2.23. The molecule has 0 radical (unpaired) electrons. The number of aromatic nitrogens is 3. The van der Waals surface area contributed by atoms with Crippen LogP contribution in [0, 0.1) is 13.8 Å². The molecule has 0 aliphatic rings. The zero-order valence-corrected chi connectivity index (χ0v) is 14.9. The number of thioether (sulfide) groups is 1. The number of nitrogen functional groups attached to an aromatic ring is 1. The Kier molecular flexibility index (Phi) is 5.04. The maximum Gasteiger partial charge on any atom is 0.234 e. The Hall–Kier alpha value is -2.80. The fraction of sp³-hybridized carbons (Fsp3) is 0.167. The largest absolute Gasteiger partial charge is 0.368 e. The monoisotopic (exact) mass is 353 g/mol. The summed E-state index contributed by atoms with van der Waals surface area (Å²) in [7, 11) is 0. The van der Waals surface area contributed by atoms with Crippen molar-refractivity contribution in [1.29, 1.82) is 0 Å². The standard InChI is InChI=1S/C18H19N5OS/c1-12-8-9-13(2)15(10-12)20-16(24)11-25-18-22-21-17(19)23(18)14-6-4-3-5-7-14/h3-10H,11H2,1-2H3,(H2,19,21)(H,20,24). The number of aryl methyl sites for hydroxylation is 2. The first kappa shape index (κ1) is 17.0. The second-order valence-corrected chi connectivity index (χ2v) is 6.61. The third-order valence-corrected chi connectivity index (χ3v) is 4.60. The molecule has 3 aromatic rings. The Morgan fingerprint density at radius 2 is 1.92 bits per heavy atom. The van der Waals surface area contributed by atoms with Crippen LogP contribution in [0.2, 0.25) is 0 Å². The molecule has 128 valence electrons. The van der Waals surface area contributed by atoms with Crippen molar-refractivity contribution in [3.05, 3.63) is 59.7 Å². The first-order chi connectivity index (χ1) is 12.0. The van der Waals surface area contributed by atoms with Gasteiger partial charge in [0.25, 0.3) is 0 Å². The van der Waals surface area contributed by atoms with Gasteiger partial charge >= 0.3 is 0 Å². The van der Waals surface area contributed by atoms with Crippen molar-refractivity contribution < 1.29 is 4.79 Å².